The van der Waals surface area contributed by atoms with Crippen molar-refractivity contribution >= 4 is 11.6 Å². The van der Waals surface area contributed by atoms with E-state index in [1.165, 1.54) is 0 Å². The van der Waals surface area contributed by atoms with E-state index in [1.807, 2.05) is 44.2 Å². The third kappa shape index (κ3) is 2.65. The number of hydrogen-bond acceptors (Lipinski definition) is 3. The lowest BCUT2D eigenvalue weighted by Gasteiger charge is -2.42. The van der Waals surface area contributed by atoms with Crippen LogP contribution in [0.2, 0.25) is 0 Å². The maximum atomic E-state index is 13.1. The minimum atomic E-state index is -0.866. The monoisotopic (exact) mass is 311 g/mol. The van der Waals surface area contributed by atoms with E-state index in [0.717, 1.165) is 5.56 Å². The highest BCUT2D eigenvalue weighted by Crippen LogP contribution is 2.42. The molecule has 2 aromatic carbocycles. The van der Waals surface area contributed by atoms with Gasteiger partial charge in [0, 0.05) is 6.07 Å². The molecule has 0 saturated carbocycles. The zero-order chi connectivity index (χ0) is 16.4. The number of nitrogens with zero attached hydrogens (tertiary/aromatic N) is 1. The summed E-state index contributed by atoms with van der Waals surface area (Å²) in [5, 5.41) is 9.76. The van der Waals surface area contributed by atoms with Gasteiger partial charge in [-0.15, -0.1) is 0 Å². The summed E-state index contributed by atoms with van der Waals surface area (Å²) in [6.45, 7) is 4.40. The van der Waals surface area contributed by atoms with Gasteiger partial charge in [0.05, 0.1) is 12.2 Å². The lowest BCUT2D eigenvalue weighted by atomic mass is 9.92. The Morgan fingerprint density at radius 1 is 1.09 bits per heavy atom. The van der Waals surface area contributed by atoms with Gasteiger partial charge in [-0.1, -0.05) is 44.2 Å². The van der Waals surface area contributed by atoms with Crippen LogP contribution in [0, 0.1) is 0 Å². The smallest absolute Gasteiger partial charge is 0.271 e. The number of carbonyl (C=O) groups is 1. The fourth-order valence-electron chi connectivity index (χ4n) is 3.04. The molecular formula is C19H21NO3. The van der Waals surface area contributed by atoms with E-state index in [2.05, 4.69) is 0 Å². The maximum Gasteiger partial charge on any atom is 0.271 e. The van der Waals surface area contributed by atoms with Gasteiger partial charge in [0.1, 0.15) is 11.5 Å². The van der Waals surface area contributed by atoms with Gasteiger partial charge in [0.25, 0.3) is 5.91 Å². The van der Waals surface area contributed by atoms with Gasteiger partial charge in [-0.25, -0.2) is 0 Å². The molecule has 0 atom stereocenters. The summed E-state index contributed by atoms with van der Waals surface area (Å²) in [5.41, 5.74) is 0.896. The van der Waals surface area contributed by atoms with Gasteiger partial charge in [0.15, 0.2) is 5.60 Å². The van der Waals surface area contributed by atoms with Crippen LogP contribution in [0.3, 0.4) is 0 Å². The Morgan fingerprint density at radius 2 is 1.78 bits per heavy atom. The standard InChI is InChI=1S/C19H21NO3/c1-3-19(4-2)18(22)20(13-14-8-6-5-7-9-14)16-11-10-15(21)12-17(16)23-19/h5-12,21H,3-4,13H2,1-2H3. The number of fused-ring (bicyclic) bond motifs is 1. The van der Waals surface area contributed by atoms with Crippen LogP contribution in [0.5, 0.6) is 11.5 Å². The highest BCUT2D eigenvalue weighted by atomic mass is 16.5. The second-order valence-electron chi connectivity index (χ2n) is 5.83. The van der Waals surface area contributed by atoms with Gasteiger partial charge in [-0.2, -0.15) is 0 Å². The van der Waals surface area contributed by atoms with Crippen molar-refractivity contribution in [2.75, 3.05) is 4.90 Å². The van der Waals surface area contributed by atoms with Crippen molar-refractivity contribution in [1.29, 1.82) is 0 Å². The molecule has 1 N–H and O–H groups in total. The summed E-state index contributed by atoms with van der Waals surface area (Å²) in [4.78, 5) is 14.9. The molecule has 0 fully saturated rings. The first-order valence-electron chi connectivity index (χ1n) is 7.97. The van der Waals surface area contributed by atoms with Crippen LogP contribution in [0.15, 0.2) is 48.5 Å². The molecule has 0 aromatic heterocycles. The molecule has 23 heavy (non-hydrogen) atoms. The highest BCUT2D eigenvalue weighted by molar-refractivity contribution is 6.02. The van der Waals surface area contributed by atoms with E-state index in [4.69, 9.17) is 4.74 Å². The first-order valence-corrected chi connectivity index (χ1v) is 7.97. The molecule has 1 aliphatic rings. The molecule has 1 aliphatic heterocycles. The predicted molar refractivity (Wildman–Crippen MR) is 89.7 cm³/mol. The van der Waals surface area contributed by atoms with E-state index in [-0.39, 0.29) is 11.7 Å². The Hall–Kier alpha value is -2.49. The molecule has 4 nitrogen and oxygen atoms in total. The summed E-state index contributed by atoms with van der Waals surface area (Å²) in [7, 11) is 0. The van der Waals surface area contributed by atoms with Gasteiger partial charge in [-0.3, -0.25) is 4.79 Å². The third-order valence-electron chi connectivity index (χ3n) is 4.50. The Bertz CT molecular complexity index is 708. The Balaban J connectivity index is 2.07. The van der Waals surface area contributed by atoms with Crippen molar-refractivity contribution in [3.8, 4) is 11.5 Å². The van der Waals surface area contributed by atoms with Crippen LogP contribution in [-0.2, 0) is 11.3 Å². The molecule has 4 heteroatoms. The molecular weight excluding hydrogens is 290 g/mol. The number of ether oxygens (including phenoxy) is 1. The number of hydrogen-bond donors (Lipinski definition) is 1. The van der Waals surface area contributed by atoms with Gasteiger partial charge in [0.2, 0.25) is 0 Å². The molecule has 0 radical (unpaired) electrons. The quantitative estimate of drug-likeness (QED) is 0.932. The van der Waals surface area contributed by atoms with Crippen LogP contribution in [0.1, 0.15) is 32.3 Å². The molecule has 3 rings (SSSR count). The van der Waals surface area contributed by atoms with Crippen LogP contribution in [0.25, 0.3) is 0 Å². The summed E-state index contributed by atoms with van der Waals surface area (Å²) in [6.07, 6.45) is 1.17. The number of anilines is 1. The van der Waals surface area contributed by atoms with Crippen LogP contribution >= 0.6 is 0 Å². The zero-order valence-electron chi connectivity index (χ0n) is 13.5. The van der Waals surface area contributed by atoms with Crippen molar-refractivity contribution in [1.82, 2.24) is 0 Å². The number of carbonyl (C=O) groups excluding carboxylic acids is 1. The Labute approximate surface area is 136 Å². The van der Waals surface area contributed by atoms with E-state index < -0.39 is 5.60 Å². The number of benzene rings is 2. The number of phenols is 1. The molecule has 1 heterocycles. The normalized spacial score (nSPS) is 15.9. The highest BCUT2D eigenvalue weighted by Gasteiger charge is 2.45. The summed E-state index contributed by atoms with van der Waals surface area (Å²) in [6, 6.07) is 14.8. The largest absolute Gasteiger partial charge is 0.508 e. The van der Waals surface area contributed by atoms with Crippen LogP contribution in [0.4, 0.5) is 5.69 Å². The minimum absolute atomic E-state index is 0.0236. The van der Waals surface area contributed by atoms with Crippen molar-refractivity contribution in [3.05, 3.63) is 54.1 Å². The molecule has 0 bridgehead atoms. The number of rotatable bonds is 4. The van der Waals surface area contributed by atoms with Gasteiger partial charge < -0.3 is 14.7 Å². The fourth-order valence-corrected chi connectivity index (χ4v) is 3.04. The fraction of sp³-hybridized carbons (Fsp3) is 0.316. The molecule has 2 aromatic rings. The summed E-state index contributed by atoms with van der Waals surface area (Å²) in [5.74, 6) is 0.674. The molecule has 0 unspecified atom stereocenters. The summed E-state index contributed by atoms with van der Waals surface area (Å²) >= 11 is 0. The first-order chi connectivity index (χ1) is 11.1. The molecule has 120 valence electrons. The zero-order valence-corrected chi connectivity index (χ0v) is 13.5. The summed E-state index contributed by atoms with van der Waals surface area (Å²) < 4.78 is 6.03. The van der Waals surface area contributed by atoms with Crippen molar-refractivity contribution < 1.29 is 14.6 Å². The second kappa shape index (κ2) is 5.95. The van der Waals surface area contributed by atoms with Crippen molar-refractivity contribution in [2.45, 2.75) is 38.8 Å². The number of aromatic hydroxyl groups is 1. The number of amides is 1. The first kappa shape index (κ1) is 15.4. The average molecular weight is 311 g/mol. The molecule has 1 amide bonds. The number of phenolic OH excluding ortho intramolecular Hbond substituents is 1. The van der Waals surface area contributed by atoms with Crippen LogP contribution in [-0.4, -0.2) is 16.6 Å². The van der Waals surface area contributed by atoms with E-state index >= 15 is 0 Å². The minimum Gasteiger partial charge on any atom is -0.508 e. The average Bonchev–Trinajstić information content (AvgIpc) is 2.58. The molecule has 0 saturated heterocycles. The third-order valence-corrected chi connectivity index (χ3v) is 4.50. The van der Waals surface area contributed by atoms with E-state index in [9.17, 15) is 9.90 Å². The predicted octanol–water partition coefficient (Wildman–Crippen LogP) is 3.88. The SMILES string of the molecule is CCC1(CC)Oc2cc(O)ccc2N(Cc2ccccc2)C1=O. The van der Waals surface area contributed by atoms with Gasteiger partial charge >= 0.3 is 0 Å². The second-order valence-corrected chi connectivity index (χ2v) is 5.83. The van der Waals surface area contributed by atoms with Crippen molar-refractivity contribution in [3.63, 3.8) is 0 Å². The van der Waals surface area contributed by atoms with Gasteiger partial charge in [-0.05, 0) is 30.5 Å². The lowest BCUT2D eigenvalue weighted by molar-refractivity contribution is -0.136. The van der Waals surface area contributed by atoms with E-state index in [0.29, 0.717) is 30.8 Å². The van der Waals surface area contributed by atoms with E-state index in [1.54, 1.807) is 23.1 Å². The molecule has 0 aliphatic carbocycles. The lowest BCUT2D eigenvalue weighted by Crippen LogP contribution is -2.55. The molecule has 0 spiro atoms. The topological polar surface area (TPSA) is 49.8 Å². The van der Waals surface area contributed by atoms with Crippen molar-refractivity contribution in [2.24, 2.45) is 0 Å². The Morgan fingerprint density at radius 3 is 2.43 bits per heavy atom. The Kier molecular flexibility index (Phi) is 3.99. The van der Waals surface area contributed by atoms with Crippen LogP contribution < -0.4 is 9.64 Å². The maximum absolute atomic E-state index is 13.1.